The summed E-state index contributed by atoms with van der Waals surface area (Å²) in [5.74, 6) is 0. The lowest BCUT2D eigenvalue weighted by Crippen LogP contribution is -2.36. The Hall–Kier alpha value is -2.92. The van der Waals surface area contributed by atoms with Gasteiger partial charge in [0.2, 0.25) is 0 Å². The van der Waals surface area contributed by atoms with E-state index in [9.17, 15) is 18.0 Å². The van der Waals surface area contributed by atoms with Crippen LogP contribution in [0.15, 0.2) is 35.6 Å². The van der Waals surface area contributed by atoms with E-state index in [2.05, 4.69) is 15.1 Å². The molecule has 1 unspecified atom stereocenters. The third-order valence-electron chi connectivity index (χ3n) is 6.15. The van der Waals surface area contributed by atoms with Crippen molar-refractivity contribution >= 4 is 17.3 Å². The molecular formula is C22H22ClF3N6O2. The van der Waals surface area contributed by atoms with Crippen molar-refractivity contribution in [2.45, 2.75) is 51.2 Å². The van der Waals surface area contributed by atoms with Crippen LogP contribution < -0.4 is 10.5 Å². The van der Waals surface area contributed by atoms with Crippen molar-refractivity contribution < 1.29 is 17.9 Å². The van der Waals surface area contributed by atoms with Gasteiger partial charge in [-0.15, -0.1) is 0 Å². The minimum Gasteiger partial charge on any atom is -0.362 e. The number of pyridine rings is 1. The average Bonchev–Trinajstić information content (AvgIpc) is 3.23. The molecular weight excluding hydrogens is 473 g/mol. The molecule has 2 aliphatic heterocycles. The maximum Gasteiger partial charge on any atom is 0.433 e. The summed E-state index contributed by atoms with van der Waals surface area (Å²) in [4.78, 5) is 22.8. The molecule has 3 aromatic rings. The van der Waals surface area contributed by atoms with E-state index >= 15 is 0 Å². The number of alkyl halides is 3. The second-order valence-corrected chi connectivity index (χ2v) is 8.78. The van der Waals surface area contributed by atoms with E-state index < -0.39 is 18.1 Å². The number of hydrogen-bond acceptors (Lipinski definition) is 6. The predicted octanol–water partition coefficient (Wildman–Crippen LogP) is 3.82. The number of anilines is 1. The van der Waals surface area contributed by atoms with E-state index in [1.165, 1.54) is 16.9 Å². The van der Waals surface area contributed by atoms with Crippen molar-refractivity contribution in [1.29, 1.82) is 0 Å². The molecule has 2 aliphatic rings. The fourth-order valence-corrected chi connectivity index (χ4v) is 4.63. The molecule has 5 heterocycles. The number of fused-ring (bicyclic) bond motifs is 1. The monoisotopic (exact) mass is 494 g/mol. The van der Waals surface area contributed by atoms with Crippen LogP contribution in [0.25, 0.3) is 0 Å². The molecule has 0 radical (unpaired) electrons. The summed E-state index contributed by atoms with van der Waals surface area (Å²) in [5.41, 5.74) is 1.72. The van der Waals surface area contributed by atoms with Gasteiger partial charge in [0.05, 0.1) is 37.0 Å². The zero-order valence-electron chi connectivity index (χ0n) is 18.1. The smallest absolute Gasteiger partial charge is 0.362 e. The Balaban J connectivity index is 1.32. The molecule has 0 aliphatic carbocycles. The molecule has 0 N–H and O–H groups in total. The molecule has 0 saturated carbocycles. The minimum atomic E-state index is -4.46. The first kappa shape index (κ1) is 22.9. The lowest BCUT2D eigenvalue weighted by Gasteiger charge is -2.30. The Morgan fingerprint density at radius 2 is 2.03 bits per heavy atom. The number of ether oxygens (including phenoxy) is 1. The van der Waals surface area contributed by atoms with E-state index in [1.54, 1.807) is 12.5 Å². The maximum atomic E-state index is 12.8. The molecule has 1 atom stereocenters. The van der Waals surface area contributed by atoms with Crippen molar-refractivity contribution in [3.8, 4) is 0 Å². The van der Waals surface area contributed by atoms with Crippen LogP contribution in [0.5, 0.6) is 0 Å². The average molecular weight is 495 g/mol. The van der Waals surface area contributed by atoms with Gasteiger partial charge in [-0.3, -0.25) is 9.78 Å². The van der Waals surface area contributed by atoms with Crippen LogP contribution in [-0.4, -0.2) is 37.5 Å². The summed E-state index contributed by atoms with van der Waals surface area (Å²) in [6, 6.07) is 2.41. The molecule has 1 fully saturated rings. The first-order valence-electron chi connectivity index (χ1n) is 11.0. The zero-order chi connectivity index (χ0) is 23.9. The van der Waals surface area contributed by atoms with Gasteiger partial charge in [0.1, 0.15) is 10.7 Å². The van der Waals surface area contributed by atoms with Crippen LogP contribution >= 0.6 is 11.6 Å². The Bertz CT molecular complexity index is 1230. The van der Waals surface area contributed by atoms with Gasteiger partial charge in [-0.25, -0.2) is 4.98 Å². The van der Waals surface area contributed by atoms with E-state index in [0.717, 1.165) is 36.7 Å². The summed E-state index contributed by atoms with van der Waals surface area (Å²) in [6.45, 7) is 2.00. The standard InChI is InChI=1S/C22H22ClF3N6O2/c23-20-17(10-29-32(21(20)33)19-3-1-2-8-34-19)30-7-6-16-15(12-30)28-13-31(16)11-14-4-5-18(27-9-14)22(24,25)26/h4-5,9-10,13,19H,1-3,6-8,11-12H2. The van der Waals surface area contributed by atoms with Gasteiger partial charge in [0.25, 0.3) is 5.56 Å². The maximum absolute atomic E-state index is 12.8. The van der Waals surface area contributed by atoms with Crippen LogP contribution in [0, 0.1) is 0 Å². The Morgan fingerprint density at radius 1 is 1.18 bits per heavy atom. The minimum absolute atomic E-state index is 0.0999. The van der Waals surface area contributed by atoms with Gasteiger partial charge in [-0.05, 0) is 30.9 Å². The molecule has 5 rings (SSSR count). The second kappa shape index (κ2) is 9.03. The number of nitrogens with zero attached hydrogens (tertiary/aromatic N) is 6. The first-order valence-corrected chi connectivity index (χ1v) is 11.4. The number of rotatable bonds is 4. The van der Waals surface area contributed by atoms with Gasteiger partial charge < -0.3 is 14.2 Å². The molecule has 0 aromatic carbocycles. The molecule has 180 valence electrons. The summed E-state index contributed by atoms with van der Waals surface area (Å²) < 4.78 is 47.1. The molecule has 0 bridgehead atoms. The van der Waals surface area contributed by atoms with Crippen molar-refractivity contribution in [2.24, 2.45) is 0 Å². The number of aromatic nitrogens is 5. The number of imidazole rings is 1. The van der Waals surface area contributed by atoms with Gasteiger partial charge in [-0.2, -0.15) is 23.0 Å². The van der Waals surface area contributed by atoms with Gasteiger partial charge in [-0.1, -0.05) is 17.7 Å². The lowest BCUT2D eigenvalue weighted by molar-refractivity contribution is -0.141. The number of hydrogen-bond donors (Lipinski definition) is 0. The highest BCUT2D eigenvalue weighted by molar-refractivity contribution is 6.33. The lowest BCUT2D eigenvalue weighted by atomic mass is 10.1. The molecule has 34 heavy (non-hydrogen) atoms. The van der Waals surface area contributed by atoms with Crippen LogP contribution in [0.4, 0.5) is 18.9 Å². The van der Waals surface area contributed by atoms with Gasteiger partial charge >= 0.3 is 6.18 Å². The third-order valence-corrected chi connectivity index (χ3v) is 6.51. The van der Waals surface area contributed by atoms with E-state index in [0.29, 0.717) is 43.9 Å². The van der Waals surface area contributed by atoms with Crippen molar-refractivity contribution in [2.75, 3.05) is 18.1 Å². The highest BCUT2D eigenvalue weighted by Gasteiger charge is 2.32. The Labute approximate surface area is 197 Å². The van der Waals surface area contributed by atoms with Crippen LogP contribution in [0.3, 0.4) is 0 Å². The van der Waals surface area contributed by atoms with E-state index in [1.807, 2.05) is 9.47 Å². The van der Waals surface area contributed by atoms with Gasteiger partial charge in [0, 0.05) is 31.5 Å². The predicted molar refractivity (Wildman–Crippen MR) is 118 cm³/mol. The van der Waals surface area contributed by atoms with E-state index in [4.69, 9.17) is 16.3 Å². The summed E-state index contributed by atoms with van der Waals surface area (Å²) >= 11 is 6.45. The Morgan fingerprint density at radius 3 is 2.74 bits per heavy atom. The zero-order valence-corrected chi connectivity index (χ0v) is 18.9. The normalized spacial score (nSPS) is 18.7. The van der Waals surface area contributed by atoms with Crippen LogP contribution in [-0.2, 0) is 30.4 Å². The fourth-order valence-electron chi connectivity index (χ4n) is 4.37. The van der Waals surface area contributed by atoms with Crippen molar-refractivity contribution in [3.05, 3.63) is 68.9 Å². The van der Waals surface area contributed by atoms with E-state index in [-0.39, 0.29) is 10.6 Å². The quantitative estimate of drug-likeness (QED) is 0.549. The van der Waals surface area contributed by atoms with Crippen molar-refractivity contribution in [1.82, 2.24) is 24.3 Å². The highest BCUT2D eigenvalue weighted by atomic mass is 35.5. The van der Waals surface area contributed by atoms with Gasteiger partial charge in [0.15, 0.2) is 6.23 Å². The first-order chi connectivity index (χ1) is 16.3. The summed E-state index contributed by atoms with van der Waals surface area (Å²) in [7, 11) is 0. The second-order valence-electron chi connectivity index (χ2n) is 8.40. The van der Waals surface area contributed by atoms with Crippen molar-refractivity contribution in [3.63, 3.8) is 0 Å². The molecule has 12 heteroatoms. The fraction of sp³-hybridized carbons (Fsp3) is 0.455. The Kier molecular flexibility index (Phi) is 6.07. The summed E-state index contributed by atoms with van der Waals surface area (Å²) in [5, 5.41) is 4.42. The van der Waals surface area contributed by atoms with Crippen LogP contribution in [0.1, 0.15) is 48.1 Å². The molecule has 0 amide bonds. The SMILES string of the molecule is O=c1c(Cl)c(N2CCc3c(ncn3Cc3ccc(C(F)(F)F)nc3)C2)cnn1C1CCCCO1. The van der Waals surface area contributed by atoms with Crippen LogP contribution in [0.2, 0.25) is 5.02 Å². The molecule has 1 saturated heterocycles. The highest BCUT2D eigenvalue weighted by Crippen LogP contribution is 2.30. The third kappa shape index (κ3) is 4.41. The molecule has 8 nitrogen and oxygen atoms in total. The molecule has 3 aromatic heterocycles. The summed E-state index contributed by atoms with van der Waals surface area (Å²) in [6.07, 6.45) is 2.94. The molecule has 0 spiro atoms. The largest absolute Gasteiger partial charge is 0.433 e. The topological polar surface area (TPSA) is 78.1 Å². The number of halogens is 4.